The molecule has 0 spiro atoms. The van der Waals surface area contributed by atoms with E-state index >= 15 is 0 Å². The van der Waals surface area contributed by atoms with Crippen LogP contribution in [0.1, 0.15) is 105 Å². The topological polar surface area (TPSA) is 89.6 Å². The van der Waals surface area contributed by atoms with Crippen LogP contribution in [0, 0.1) is 0 Å². The van der Waals surface area contributed by atoms with Gasteiger partial charge in [0, 0.05) is 99.0 Å². The summed E-state index contributed by atoms with van der Waals surface area (Å²) in [5.41, 5.74) is 16.7. The average molecular weight is 1110 g/mol. The number of fused-ring (bicyclic) bond motifs is 6. The molecule has 0 unspecified atom stereocenters. The third-order valence-corrected chi connectivity index (χ3v) is 17.0. The van der Waals surface area contributed by atoms with Gasteiger partial charge in [0.25, 0.3) is 0 Å². The number of anilines is 4. The molecule has 0 radical (unpaired) electrons. The fourth-order valence-corrected chi connectivity index (χ4v) is 13.3. The highest BCUT2D eigenvalue weighted by molar-refractivity contribution is 5.81. The molecule has 3 heterocycles. The Balaban J connectivity index is 1.15. The summed E-state index contributed by atoms with van der Waals surface area (Å²) in [4.78, 5) is 4.55. The van der Waals surface area contributed by atoms with Crippen LogP contribution in [0.5, 0.6) is 23.0 Å². The molecule has 0 saturated heterocycles. The quantitative estimate of drug-likeness (QED) is 0.131. The van der Waals surface area contributed by atoms with E-state index in [1.807, 2.05) is 14.2 Å². The van der Waals surface area contributed by atoms with Gasteiger partial charge in [-0.3, -0.25) is 0 Å². The summed E-state index contributed by atoms with van der Waals surface area (Å²) in [6.07, 6.45) is 3.60. The molecular formula is C72H76N2O9. The first kappa shape index (κ1) is 55.9. The number of rotatable bonds is 10. The number of hydrogen-bond donors (Lipinski definition) is 0. The molecule has 11 nitrogen and oxygen atoms in total. The normalized spacial score (nSPS) is 16.5. The van der Waals surface area contributed by atoms with Gasteiger partial charge in [0.1, 0.15) is 47.4 Å². The van der Waals surface area contributed by atoms with Gasteiger partial charge in [-0.15, -0.1) is 0 Å². The second-order valence-electron chi connectivity index (χ2n) is 22.0. The molecule has 1 aliphatic carbocycles. The Morgan fingerprint density at radius 2 is 0.663 bits per heavy atom. The van der Waals surface area contributed by atoms with Gasteiger partial charge in [0.15, 0.2) is 0 Å². The van der Waals surface area contributed by atoms with E-state index in [-0.39, 0.29) is 0 Å². The van der Waals surface area contributed by atoms with E-state index in [0.29, 0.717) is 91.8 Å². The first-order valence-electron chi connectivity index (χ1n) is 29.6. The molecule has 0 amide bonds. The third kappa shape index (κ3) is 10.3. The van der Waals surface area contributed by atoms with E-state index in [2.05, 4.69) is 195 Å². The molecule has 83 heavy (non-hydrogen) atoms. The van der Waals surface area contributed by atoms with Crippen LogP contribution in [0.15, 0.2) is 158 Å². The molecule has 0 N–H and O–H groups in total. The Bertz CT molecular complexity index is 3190. The Morgan fingerprint density at radius 3 is 0.952 bits per heavy atom. The predicted octanol–water partition coefficient (Wildman–Crippen LogP) is 13.8. The number of nitrogens with zero attached hydrogens (tertiary/aromatic N) is 2. The molecule has 10 bridgehead atoms. The zero-order chi connectivity index (χ0) is 56.9. The van der Waals surface area contributed by atoms with Crippen molar-refractivity contribution in [1.29, 1.82) is 0 Å². The summed E-state index contributed by atoms with van der Waals surface area (Å²) in [7, 11) is 7.97. The van der Waals surface area contributed by atoms with Crippen LogP contribution in [0.4, 0.5) is 22.7 Å². The monoisotopic (exact) mass is 1110 g/mol. The van der Waals surface area contributed by atoms with Crippen LogP contribution < -0.4 is 28.7 Å². The number of methoxy groups -OCH3 is 2. The van der Waals surface area contributed by atoms with E-state index in [1.54, 1.807) is 0 Å². The van der Waals surface area contributed by atoms with E-state index in [4.69, 9.17) is 42.6 Å². The third-order valence-electron chi connectivity index (χ3n) is 17.0. The van der Waals surface area contributed by atoms with Crippen LogP contribution >= 0.6 is 0 Å². The van der Waals surface area contributed by atoms with Crippen molar-refractivity contribution in [2.24, 2.45) is 0 Å². The van der Waals surface area contributed by atoms with Crippen molar-refractivity contribution in [3.63, 3.8) is 0 Å². The Hall–Kier alpha value is -7.64. The summed E-state index contributed by atoms with van der Waals surface area (Å²) < 4.78 is 61.1. The maximum absolute atomic E-state index is 7.18. The number of benzene rings is 8. The van der Waals surface area contributed by atoms with Crippen molar-refractivity contribution < 1.29 is 42.6 Å². The minimum absolute atomic E-state index is 0.320. The van der Waals surface area contributed by atoms with Gasteiger partial charge < -0.3 is 52.4 Å². The summed E-state index contributed by atoms with van der Waals surface area (Å²) in [5, 5.41) is 0. The second-order valence-corrected chi connectivity index (χ2v) is 22.0. The van der Waals surface area contributed by atoms with Gasteiger partial charge in [-0.25, -0.2) is 0 Å². The van der Waals surface area contributed by atoms with Crippen molar-refractivity contribution in [3.05, 3.63) is 236 Å². The van der Waals surface area contributed by atoms with Gasteiger partial charge in [0.2, 0.25) is 0 Å². The van der Waals surface area contributed by atoms with E-state index in [1.165, 1.54) is 0 Å². The lowest BCUT2D eigenvalue weighted by molar-refractivity contribution is 0.00482. The molecule has 0 atom stereocenters. The highest BCUT2D eigenvalue weighted by Gasteiger charge is 2.47. The molecule has 11 heteroatoms. The average Bonchev–Trinajstić information content (AvgIpc) is 3.68. The highest BCUT2D eigenvalue weighted by atomic mass is 16.6. The summed E-state index contributed by atoms with van der Waals surface area (Å²) in [5.74, 6) is 3.29. The molecule has 0 saturated carbocycles. The summed E-state index contributed by atoms with van der Waals surface area (Å²) in [6.45, 7) is 8.47. The number of hydrogen-bond acceptors (Lipinski definition) is 11. The van der Waals surface area contributed by atoms with E-state index < -0.39 is 11.2 Å². The van der Waals surface area contributed by atoms with Gasteiger partial charge in [0.05, 0.1) is 52.9 Å². The zero-order valence-electron chi connectivity index (χ0n) is 48.9. The molecule has 428 valence electrons. The fourth-order valence-electron chi connectivity index (χ4n) is 13.3. The molecule has 8 aromatic rings. The first-order valence-corrected chi connectivity index (χ1v) is 29.6. The maximum Gasteiger partial charge on any atom is 0.147 e. The standard InChI is InChI=1S/C72H76N2O9/c1-7-31-80-67-49-19-17-20-50(67)42-54-46-58(72(76-6)61-25-11-15-29-65(61)74(4)66-30-16-12-26-62(66)72)48-56-44-52-22-18-21-51(68(52)81-32-8-2)43-55-47-57(71(75-5)59-23-9-13-27-63(59)73(3)64-28-14-10-24-60(64)71)45-53(41-49)69(55)82-39-37-78-35-33-77-34-36-79-38-40-83-70(54)56/h9-30,45-48H,7-8,31-44H2,1-6H3. The molecule has 0 aromatic heterocycles. The van der Waals surface area contributed by atoms with Crippen LogP contribution in [0.2, 0.25) is 0 Å². The smallest absolute Gasteiger partial charge is 0.147 e. The Kier molecular flexibility index (Phi) is 16.6. The van der Waals surface area contributed by atoms with Crippen molar-refractivity contribution in [3.8, 4) is 23.0 Å². The minimum atomic E-state index is -1.00. The Morgan fingerprint density at radius 1 is 0.373 bits per heavy atom. The van der Waals surface area contributed by atoms with Crippen molar-refractivity contribution in [2.45, 2.75) is 63.6 Å². The fraction of sp³-hybridized carbons (Fsp3) is 0.333. The number of para-hydroxylation sites is 6. The van der Waals surface area contributed by atoms with Gasteiger partial charge >= 0.3 is 0 Å². The number of ether oxygens (including phenoxy) is 9. The van der Waals surface area contributed by atoms with Gasteiger partial charge in [-0.05, 0) is 117 Å². The van der Waals surface area contributed by atoms with Crippen molar-refractivity contribution in [2.75, 3.05) is 104 Å². The van der Waals surface area contributed by atoms with Crippen molar-refractivity contribution in [1.82, 2.24) is 0 Å². The van der Waals surface area contributed by atoms with Crippen LogP contribution in [-0.4, -0.2) is 94.4 Å². The molecule has 8 aromatic carbocycles. The summed E-state index contributed by atoms with van der Waals surface area (Å²) in [6, 6.07) is 57.0. The highest BCUT2D eigenvalue weighted by Crippen LogP contribution is 2.56. The lowest BCUT2D eigenvalue weighted by Gasteiger charge is -2.44. The lowest BCUT2D eigenvalue weighted by Crippen LogP contribution is -2.38. The first-order chi connectivity index (χ1) is 40.8. The van der Waals surface area contributed by atoms with Crippen LogP contribution in [0.25, 0.3) is 0 Å². The van der Waals surface area contributed by atoms with Crippen LogP contribution in [0.3, 0.4) is 0 Å². The molecular weight excluding hydrogens is 1040 g/mol. The van der Waals surface area contributed by atoms with Gasteiger partial charge in [-0.2, -0.15) is 0 Å². The SMILES string of the molecule is CCCOc1c2cccc1Cc1cc(C3(OC)c4ccccc4N(C)c4ccccc43)cc3c1OCCOCCOCCOCCOc1c(cc(C4(OC)c5ccccc5N(C)c5ccccc54)cc1Cc1cccc(c1OCCC)C3)C2. The lowest BCUT2D eigenvalue weighted by atomic mass is 9.74. The largest absolute Gasteiger partial charge is 0.493 e. The Labute approximate surface area is 489 Å². The second kappa shape index (κ2) is 24.7. The minimum Gasteiger partial charge on any atom is -0.493 e. The molecule has 12 rings (SSSR count). The molecule has 4 aliphatic rings. The summed E-state index contributed by atoms with van der Waals surface area (Å²) >= 11 is 0. The van der Waals surface area contributed by atoms with Gasteiger partial charge in [-0.1, -0.05) is 123 Å². The van der Waals surface area contributed by atoms with Crippen LogP contribution in [-0.2, 0) is 60.6 Å². The van der Waals surface area contributed by atoms with Crippen molar-refractivity contribution >= 4 is 22.7 Å². The predicted molar refractivity (Wildman–Crippen MR) is 328 cm³/mol. The van der Waals surface area contributed by atoms with E-state index in [9.17, 15) is 0 Å². The molecule has 0 fully saturated rings. The zero-order valence-corrected chi connectivity index (χ0v) is 48.9. The maximum atomic E-state index is 7.18. The van der Waals surface area contributed by atoms with E-state index in [0.717, 1.165) is 136 Å². The molecule has 3 aliphatic heterocycles.